The summed E-state index contributed by atoms with van der Waals surface area (Å²) in [5.74, 6) is 0. The first kappa shape index (κ1) is 35.2. The molecule has 272 valence electrons. The molecular formula is C52H44N4. The molecule has 0 saturated carbocycles. The number of fused-ring (bicyclic) bond motifs is 2. The van der Waals surface area contributed by atoms with E-state index in [0.29, 0.717) is 0 Å². The summed E-state index contributed by atoms with van der Waals surface area (Å²) in [6.45, 7) is 13.0. The predicted octanol–water partition coefficient (Wildman–Crippen LogP) is 12.1. The van der Waals surface area contributed by atoms with E-state index in [4.69, 9.17) is 19.9 Å². The highest BCUT2D eigenvalue weighted by atomic mass is 14.8. The van der Waals surface area contributed by atoms with Crippen LogP contribution < -0.4 is 0 Å². The van der Waals surface area contributed by atoms with Gasteiger partial charge in [0, 0.05) is 34.6 Å². The highest BCUT2D eigenvalue weighted by Gasteiger charge is 2.46. The highest BCUT2D eigenvalue weighted by Crippen LogP contribution is 2.50. The van der Waals surface area contributed by atoms with Gasteiger partial charge in [0.2, 0.25) is 0 Å². The summed E-state index contributed by atoms with van der Waals surface area (Å²) in [4.78, 5) is 20.9. The second-order valence-corrected chi connectivity index (χ2v) is 15.5. The molecule has 0 atom stereocenters. The number of aromatic nitrogens is 4. The van der Waals surface area contributed by atoms with E-state index in [2.05, 4.69) is 175 Å². The Labute approximate surface area is 330 Å². The van der Waals surface area contributed by atoms with Crippen molar-refractivity contribution in [3.63, 3.8) is 0 Å². The Kier molecular flexibility index (Phi) is 8.77. The van der Waals surface area contributed by atoms with Gasteiger partial charge in [-0.2, -0.15) is 0 Å². The lowest BCUT2D eigenvalue weighted by atomic mass is 9.62. The maximum Gasteiger partial charge on any atom is 0.105 e. The molecule has 9 rings (SSSR count). The third-order valence-electron chi connectivity index (χ3n) is 11.5. The lowest BCUT2D eigenvalue weighted by Crippen LogP contribution is -2.37. The van der Waals surface area contributed by atoms with E-state index in [1.54, 1.807) is 0 Å². The van der Waals surface area contributed by atoms with Gasteiger partial charge in [-0.15, -0.1) is 0 Å². The van der Waals surface area contributed by atoms with Gasteiger partial charge in [0.1, 0.15) is 5.41 Å². The first-order chi connectivity index (χ1) is 27.2. The largest absolute Gasteiger partial charge is 0.256 e. The molecule has 56 heavy (non-hydrogen) atoms. The molecule has 0 spiro atoms. The quantitative estimate of drug-likeness (QED) is 0.171. The maximum absolute atomic E-state index is 5.61. The van der Waals surface area contributed by atoms with Crippen LogP contribution in [-0.4, -0.2) is 19.9 Å². The van der Waals surface area contributed by atoms with Gasteiger partial charge < -0.3 is 0 Å². The minimum atomic E-state index is -0.780. The molecule has 0 bridgehead atoms. The third kappa shape index (κ3) is 5.93. The maximum atomic E-state index is 5.61. The second kappa shape index (κ2) is 14.0. The number of benzene rings is 4. The molecule has 0 saturated heterocycles. The Bertz CT molecular complexity index is 2570. The van der Waals surface area contributed by atoms with E-state index in [0.717, 1.165) is 51.7 Å². The number of pyridine rings is 4. The molecule has 1 aliphatic rings. The minimum Gasteiger partial charge on any atom is -0.256 e. The molecule has 0 aliphatic heterocycles. The molecule has 4 aromatic carbocycles. The van der Waals surface area contributed by atoms with Gasteiger partial charge in [0.05, 0.1) is 34.2 Å². The third-order valence-corrected chi connectivity index (χ3v) is 11.5. The smallest absolute Gasteiger partial charge is 0.105 e. The lowest BCUT2D eigenvalue weighted by molar-refractivity contribution is 0.657. The van der Waals surface area contributed by atoms with Crippen molar-refractivity contribution in [2.24, 2.45) is 0 Å². The number of rotatable bonds is 6. The fourth-order valence-corrected chi connectivity index (χ4v) is 9.34. The minimum absolute atomic E-state index is 0.780. The van der Waals surface area contributed by atoms with Gasteiger partial charge in [0.25, 0.3) is 0 Å². The molecule has 4 nitrogen and oxygen atoms in total. The Morgan fingerprint density at radius 3 is 1.25 bits per heavy atom. The summed E-state index contributed by atoms with van der Waals surface area (Å²) in [5, 5.41) is 0. The first-order valence-electron chi connectivity index (χ1n) is 19.4. The molecule has 8 aromatic rings. The molecular weight excluding hydrogens is 681 g/mol. The van der Waals surface area contributed by atoms with Gasteiger partial charge in [-0.05, 0) is 141 Å². The van der Waals surface area contributed by atoms with Crippen LogP contribution in [0.2, 0.25) is 0 Å². The van der Waals surface area contributed by atoms with Crippen LogP contribution in [0.5, 0.6) is 0 Å². The van der Waals surface area contributed by atoms with Crippen LogP contribution in [0, 0.1) is 41.5 Å². The number of hydrogen-bond donors (Lipinski definition) is 0. The Balaban J connectivity index is 1.25. The van der Waals surface area contributed by atoms with Crippen LogP contribution in [0.25, 0.3) is 45.0 Å². The zero-order chi connectivity index (χ0) is 38.6. The van der Waals surface area contributed by atoms with Crippen molar-refractivity contribution in [3.8, 4) is 45.0 Å². The molecule has 0 radical (unpaired) electrons. The van der Waals surface area contributed by atoms with Crippen molar-refractivity contribution in [2.75, 3.05) is 0 Å². The van der Waals surface area contributed by atoms with Crippen molar-refractivity contribution in [1.29, 1.82) is 0 Å². The highest BCUT2D eigenvalue weighted by molar-refractivity contribution is 5.75. The topological polar surface area (TPSA) is 51.6 Å². The molecule has 0 N–H and O–H groups in total. The fraction of sp³-hybridized carbons (Fsp3) is 0.154. The average Bonchev–Trinajstić information content (AvgIpc) is 3.19. The zero-order valence-corrected chi connectivity index (χ0v) is 32.9. The zero-order valence-electron chi connectivity index (χ0n) is 32.9. The summed E-state index contributed by atoms with van der Waals surface area (Å²) in [7, 11) is 0. The van der Waals surface area contributed by atoms with Gasteiger partial charge >= 0.3 is 0 Å². The molecule has 0 fully saturated rings. The summed E-state index contributed by atoms with van der Waals surface area (Å²) in [6, 6.07) is 48.0. The van der Waals surface area contributed by atoms with Gasteiger partial charge in [0.15, 0.2) is 0 Å². The normalized spacial score (nSPS) is 12.9. The standard InChI is InChI=1S/C52H44N4/c1-32-25-34(3)50(35(4)26-32)46-30-40(21-23-53-46)44-17-11-19-48(55-44)52(42-15-9-7-13-38(42)29-39-14-8-10-16-43(39)52)49-20-12-18-45(56-49)41-22-24-54-47(31-41)51-36(5)27-33(2)28-37(51)6/h7-28,30-31H,29H2,1-6H3. The number of aryl methyl sites for hydroxylation is 6. The molecule has 0 amide bonds. The van der Waals surface area contributed by atoms with Crippen LogP contribution >= 0.6 is 0 Å². The predicted molar refractivity (Wildman–Crippen MR) is 229 cm³/mol. The molecule has 4 heteroatoms. The molecule has 4 aromatic heterocycles. The van der Waals surface area contributed by atoms with Crippen molar-refractivity contribution in [2.45, 2.75) is 53.4 Å². The van der Waals surface area contributed by atoms with Gasteiger partial charge in [-0.3, -0.25) is 19.9 Å². The van der Waals surface area contributed by atoms with Crippen molar-refractivity contribution >= 4 is 0 Å². The van der Waals surface area contributed by atoms with E-state index in [9.17, 15) is 0 Å². The summed E-state index contributed by atoms with van der Waals surface area (Å²) >= 11 is 0. The van der Waals surface area contributed by atoms with E-state index in [-0.39, 0.29) is 0 Å². The number of hydrogen-bond acceptors (Lipinski definition) is 4. The first-order valence-corrected chi connectivity index (χ1v) is 19.4. The summed E-state index contributed by atoms with van der Waals surface area (Å²) in [5.41, 5.74) is 21.5. The van der Waals surface area contributed by atoms with E-state index < -0.39 is 5.41 Å². The summed E-state index contributed by atoms with van der Waals surface area (Å²) < 4.78 is 0. The van der Waals surface area contributed by atoms with Crippen LogP contribution in [0.15, 0.2) is 146 Å². The fourth-order valence-electron chi connectivity index (χ4n) is 9.34. The lowest BCUT2D eigenvalue weighted by Gasteiger charge is -2.40. The Morgan fingerprint density at radius 2 is 0.821 bits per heavy atom. The van der Waals surface area contributed by atoms with Crippen LogP contribution in [0.3, 0.4) is 0 Å². The van der Waals surface area contributed by atoms with E-state index in [1.807, 2.05) is 12.4 Å². The average molecular weight is 725 g/mol. The molecule has 1 aliphatic carbocycles. The Hall–Kier alpha value is -6.52. The van der Waals surface area contributed by atoms with Crippen molar-refractivity contribution in [1.82, 2.24) is 19.9 Å². The monoisotopic (exact) mass is 724 g/mol. The SMILES string of the molecule is Cc1cc(C)c(-c2cc(-c3cccc(C4(c5cccc(-c6ccnc(-c7c(C)cc(C)cc7C)c6)n5)c5ccccc5Cc5ccccc54)n3)ccn2)c(C)c1. The summed E-state index contributed by atoms with van der Waals surface area (Å²) in [6.07, 6.45) is 4.66. The van der Waals surface area contributed by atoms with Crippen molar-refractivity contribution < 1.29 is 0 Å². The van der Waals surface area contributed by atoms with Crippen LogP contribution in [0.4, 0.5) is 0 Å². The van der Waals surface area contributed by atoms with Crippen LogP contribution in [-0.2, 0) is 11.8 Å². The molecule has 4 heterocycles. The van der Waals surface area contributed by atoms with E-state index >= 15 is 0 Å². The number of nitrogens with zero attached hydrogens (tertiary/aromatic N) is 4. The Morgan fingerprint density at radius 1 is 0.411 bits per heavy atom. The molecule has 0 unspecified atom stereocenters. The van der Waals surface area contributed by atoms with Crippen LogP contribution in [0.1, 0.15) is 67.0 Å². The van der Waals surface area contributed by atoms with Crippen molar-refractivity contribution in [3.05, 3.63) is 213 Å². The second-order valence-electron chi connectivity index (χ2n) is 15.5. The van der Waals surface area contributed by atoms with Gasteiger partial charge in [-0.1, -0.05) is 96.1 Å². The van der Waals surface area contributed by atoms with Gasteiger partial charge in [-0.25, -0.2) is 0 Å². The van der Waals surface area contributed by atoms with E-state index in [1.165, 1.54) is 66.8 Å².